The van der Waals surface area contributed by atoms with Crippen LogP contribution in [0.15, 0.2) is 60.1 Å². The summed E-state index contributed by atoms with van der Waals surface area (Å²) in [6, 6.07) is 15.8. The topological polar surface area (TPSA) is 73.9 Å². The predicted molar refractivity (Wildman–Crippen MR) is 117 cm³/mol. The van der Waals surface area contributed by atoms with Crippen molar-refractivity contribution in [3.8, 4) is 11.4 Å². The molecular weight excluding hydrogens is 382 g/mol. The summed E-state index contributed by atoms with van der Waals surface area (Å²) < 4.78 is 0. The molecular formula is C22H21N5OS. The molecule has 0 radical (unpaired) electrons. The lowest BCUT2D eigenvalue weighted by Gasteiger charge is -2.31. The van der Waals surface area contributed by atoms with E-state index in [1.807, 2.05) is 60.1 Å². The smallest absolute Gasteiger partial charge is 0.229 e. The van der Waals surface area contributed by atoms with Gasteiger partial charge in [-0.1, -0.05) is 12.1 Å². The number of aromatic amines is 1. The highest BCUT2D eigenvalue weighted by atomic mass is 32.1. The molecule has 1 aliphatic heterocycles. The molecule has 1 saturated heterocycles. The van der Waals surface area contributed by atoms with Crippen molar-refractivity contribution < 1.29 is 4.79 Å². The minimum absolute atomic E-state index is 0.0253. The van der Waals surface area contributed by atoms with E-state index in [9.17, 15) is 4.79 Å². The highest BCUT2D eigenvalue weighted by molar-refractivity contribution is 7.13. The second kappa shape index (κ2) is 7.67. The van der Waals surface area contributed by atoms with Gasteiger partial charge in [0.25, 0.3) is 0 Å². The van der Waals surface area contributed by atoms with Crippen molar-refractivity contribution in [1.29, 1.82) is 0 Å². The summed E-state index contributed by atoms with van der Waals surface area (Å²) >= 11 is 1.62. The van der Waals surface area contributed by atoms with Gasteiger partial charge in [0.15, 0.2) is 5.13 Å². The van der Waals surface area contributed by atoms with Crippen LogP contribution in [0.4, 0.5) is 10.8 Å². The molecule has 0 saturated carbocycles. The van der Waals surface area contributed by atoms with Gasteiger partial charge in [-0.25, -0.2) is 9.97 Å². The first-order valence-corrected chi connectivity index (χ1v) is 10.6. The molecule has 3 heterocycles. The molecule has 4 aromatic rings. The molecule has 2 N–H and O–H groups in total. The molecule has 6 nitrogen and oxygen atoms in total. The number of hydrogen-bond acceptors (Lipinski definition) is 5. The lowest BCUT2D eigenvalue weighted by molar-refractivity contribution is -0.120. The third-order valence-corrected chi connectivity index (χ3v) is 6.13. The summed E-state index contributed by atoms with van der Waals surface area (Å²) in [7, 11) is 0. The van der Waals surface area contributed by atoms with Gasteiger partial charge in [-0.3, -0.25) is 4.79 Å². The molecule has 0 aliphatic carbocycles. The quantitative estimate of drug-likeness (QED) is 0.525. The molecule has 5 rings (SSSR count). The second-order valence-corrected chi connectivity index (χ2v) is 8.14. The number of benzene rings is 2. The molecule has 0 unspecified atom stereocenters. The van der Waals surface area contributed by atoms with Crippen LogP contribution >= 0.6 is 11.3 Å². The lowest BCUT2D eigenvalue weighted by Crippen LogP contribution is -2.40. The molecule has 1 amide bonds. The Morgan fingerprint density at radius 1 is 1.17 bits per heavy atom. The number of imidazole rings is 1. The largest absolute Gasteiger partial charge is 0.347 e. The van der Waals surface area contributed by atoms with Gasteiger partial charge < -0.3 is 15.2 Å². The number of anilines is 2. The van der Waals surface area contributed by atoms with E-state index in [-0.39, 0.29) is 11.8 Å². The van der Waals surface area contributed by atoms with Gasteiger partial charge in [0.05, 0.1) is 17.0 Å². The van der Waals surface area contributed by atoms with E-state index in [0.717, 1.165) is 59.2 Å². The minimum Gasteiger partial charge on any atom is -0.347 e. The van der Waals surface area contributed by atoms with E-state index in [4.69, 9.17) is 0 Å². The number of nitrogens with one attached hydrogen (secondary N) is 2. The maximum absolute atomic E-state index is 12.8. The van der Waals surface area contributed by atoms with Crippen molar-refractivity contribution >= 4 is 39.1 Å². The van der Waals surface area contributed by atoms with Crippen LogP contribution in [-0.4, -0.2) is 33.9 Å². The zero-order valence-corrected chi connectivity index (χ0v) is 16.7. The van der Waals surface area contributed by atoms with Crippen molar-refractivity contribution in [3.63, 3.8) is 0 Å². The van der Waals surface area contributed by atoms with Crippen LogP contribution < -0.4 is 10.2 Å². The molecule has 2 aromatic heterocycles. The molecule has 29 heavy (non-hydrogen) atoms. The Balaban J connectivity index is 1.26. The Morgan fingerprint density at radius 3 is 2.83 bits per heavy atom. The average Bonchev–Trinajstić information content (AvgIpc) is 3.44. The zero-order valence-electron chi connectivity index (χ0n) is 15.8. The zero-order chi connectivity index (χ0) is 19.6. The van der Waals surface area contributed by atoms with Gasteiger partial charge in [-0.2, -0.15) is 0 Å². The van der Waals surface area contributed by atoms with Gasteiger partial charge in [0.1, 0.15) is 5.82 Å². The Kier molecular flexibility index (Phi) is 4.73. The highest BCUT2D eigenvalue weighted by Crippen LogP contribution is 2.26. The van der Waals surface area contributed by atoms with E-state index in [1.165, 1.54) is 0 Å². The molecule has 1 fully saturated rings. The van der Waals surface area contributed by atoms with Gasteiger partial charge in [-0.05, 0) is 49.2 Å². The number of carbonyl (C=O) groups is 1. The minimum atomic E-state index is -0.0253. The Bertz CT molecular complexity index is 1090. The molecule has 1 aliphatic rings. The summed E-state index contributed by atoms with van der Waals surface area (Å²) in [5.74, 6) is 0.876. The summed E-state index contributed by atoms with van der Waals surface area (Å²) in [4.78, 5) is 27.3. The molecule has 146 valence electrons. The number of aromatic nitrogens is 3. The SMILES string of the molecule is O=C(Nc1ccc(-c2nc3ccccc3[nH]2)cc1)[C@@H]1CCCN(c2nccs2)C1. The molecule has 1 atom stereocenters. The number of fused-ring (bicyclic) bond motifs is 1. The Labute approximate surface area is 172 Å². The van der Waals surface area contributed by atoms with Crippen LogP contribution in [-0.2, 0) is 4.79 Å². The fraction of sp³-hybridized carbons (Fsp3) is 0.227. The first kappa shape index (κ1) is 17.9. The standard InChI is InChI=1S/C22H21N5OS/c28-21(16-4-3-12-27(14-16)22-23-11-13-29-22)24-17-9-7-15(8-10-17)20-25-18-5-1-2-6-19(18)26-20/h1-2,5-11,13,16H,3-4,12,14H2,(H,24,28)(H,25,26)/t16-/m1/s1. The third-order valence-electron chi connectivity index (χ3n) is 5.30. The van der Waals surface area contributed by atoms with E-state index < -0.39 is 0 Å². The van der Waals surface area contributed by atoms with Crippen LogP contribution in [0.2, 0.25) is 0 Å². The summed E-state index contributed by atoms with van der Waals surface area (Å²) in [5.41, 5.74) is 3.76. The summed E-state index contributed by atoms with van der Waals surface area (Å²) in [6.45, 7) is 1.68. The number of hydrogen-bond donors (Lipinski definition) is 2. The van der Waals surface area contributed by atoms with Gasteiger partial charge >= 0.3 is 0 Å². The van der Waals surface area contributed by atoms with Gasteiger partial charge in [0.2, 0.25) is 5.91 Å². The van der Waals surface area contributed by atoms with Gasteiger partial charge in [-0.15, -0.1) is 11.3 Å². The van der Waals surface area contributed by atoms with E-state index in [1.54, 1.807) is 11.3 Å². The lowest BCUT2D eigenvalue weighted by atomic mass is 9.97. The normalized spacial score (nSPS) is 16.8. The first-order valence-electron chi connectivity index (χ1n) is 9.77. The summed E-state index contributed by atoms with van der Waals surface area (Å²) in [6.07, 6.45) is 3.72. The van der Waals surface area contributed by atoms with Crippen LogP contribution in [0.25, 0.3) is 22.4 Å². The van der Waals surface area contributed by atoms with Crippen molar-refractivity contribution in [1.82, 2.24) is 15.0 Å². The monoisotopic (exact) mass is 403 g/mol. The number of rotatable bonds is 4. The summed E-state index contributed by atoms with van der Waals surface area (Å²) in [5, 5.41) is 6.04. The third kappa shape index (κ3) is 3.73. The number of thiazole rings is 1. The predicted octanol–water partition coefficient (Wildman–Crippen LogP) is 4.54. The second-order valence-electron chi connectivity index (χ2n) is 7.27. The van der Waals surface area contributed by atoms with Crippen LogP contribution in [0.5, 0.6) is 0 Å². The number of piperidine rings is 1. The number of nitrogens with zero attached hydrogens (tertiary/aromatic N) is 3. The molecule has 7 heteroatoms. The van der Waals surface area contributed by atoms with Crippen molar-refractivity contribution in [3.05, 3.63) is 60.1 Å². The number of amides is 1. The van der Waals surface area contributed by atoms with Crippen molar-refractivity contribution in [2.45, 2.75) is 12.8 Å². The van der Waals surface area contributed by atoms with Crippen LogP contribution in [0, 0.1) is 5.92 Å². The van der Waals surface area contributed by atoms with E-state index in [2.05, 4.69) is 25.2 Å². The Morgan fingerprint density at radius 2 is 2.03 bits per heavy atom. The fourth-order valence-electron chi connectivity index (χ4n) is 3.78. The molecule has 2 aromatic carbocycles. The van der Waals surface area contributed by atoms with Crippen LogP contribution in [0.3, 0.4) is 0 Å². The van der Waals surface area contributed by atoms with Crippen LogP contribution in [0.1, 0.15) is 12.8 Å². The van der Waals surface area contributed by atoms with Crippen molar-refractivity contribution in [2.24, 2.45) is 5.92 Å². The average molecular weight is 404 g/mol. The molecule has 0 spiro atoms. The first-order chi connectivity index (χ1) is 14.3. The fourth-order valence-corrected chi connectivity index (χ4v) is 4.46. The van der Waals surface area contributed by atoms with Crippen molar-refractivity contribution in [2.75, 3.05) is 23.3 Å². The number of para-hydroxylation sites is 2. The maximum Gasteiger partial charge on any atom is 0.229 e. The van der Waals surface area contributed by atoms with Gasteiger partial charge in [0, 0.05) is 35.9 Å². The number of carbonyl (C=O) groups excluding carboxylic acids is 1. The van der Waals surface area contributed by atoms with E-state index in [0.29, 0.717) is 0 Å². The Hall–Kier alpha value is -3.19. The van der Waals surface area contributed by atoms with E-state index >= 15 is 0 Å². The highest BCUT2D eigenvalue weighted by Gasteiger charge is 2.27. The molecule has 0 bridgehead atoms. The number of H-pyrrole nitrogens is 1. The maximum atomic E-state index is 12.8.